The Bertz CT molecular complexity index is 1040. The number of para-hydroxylation sites is 1. The van der Waals surface area contributed by atoms with Crippen molar-refractivity contribution in [1.29, 1.82) is 5.26 Å². The third kappa shape index (κ3) is 5.24. The number of hydrogen-bond donors (Lipinski definition) is 1. The summed E-state index contributed by atoms with van der Waals surface area (Å²) < 4.78 is 5.41. The molecule has 29 heavy (non-hydrogen) atoms. The number of nitrogens with zero attached hydrogens (tertiary/aromatic N) is 3. The number of aryl methyl sites for hydroxylation is 1. The van der Waals surface area contributed by atoms with E-state index in [1.165, 1.54) is 11.8 Å². The van der Waals surface area contributed by atoms with Crippen molar-refractivity contribution in [1.82, 2.24) is 10.1 Å². The second-order valence-electron chi connectivity index (χ2n) is 6.96. The molecule has 0 aliphatic carbocycles. The van der Waals surface area contributed by atoms with Gasteiger partial charge in [-0.15, -0.1) is 11.8 Å². The van der Waals surface area contributed by atoms with E-state index in [0.717, 1.165) is 16.7 Å². The molecule has 1 heterocycles. The fraction of sp³-hybridized carbons (Fsp3) is 0.273. The Morgan fingerprint density at radius 2 is 2.00 bits per heavy atom. The molecule has 0 aliphatic heterocycles. The summed E-state index contributed by atoms with van der Waals surface area (Å²) in [4.78, 5) is 17.0. The highest BCUT2D eigenvalue weighted by Gasteiger charge is 2.17. The number of thioether (sulfide) groups is 1. The van der Waals surface area contributed by atoms with Crippen LogP contribution in [0.5, 0.6) is 0 Å². The quantitative estimate of drug-likeness (QED) is 0.599. The van der Waals surface area contributed by atoms with Gasteiger partial charge in [0.05, 0.1) is 28.6 Å². The molecule has 1 aromatic heterocycles. The Morgan fingerprint density at radius 3 is 2.66 bits per heavy atom. The first-order valence-electron chi connectivity index (χ1n) is 9.28. The second-order valence-corrected chi connectivity index (χ2v) is 7.95. The van der Waals surface area contributed by atoms with Gasteiger partial charge in [-0.05, 0) is 36.2 Å². The van der Waals surface area contributed by atoms with Gasteiger partial charge in [0.25, 0.3) is 5.89 Å². The highest BCUT2D eigenvalue weighted by Crippen LogP contribution is 2.30. The Labute approximate surface area is 174 Å². The molecule has 0 saturated heterocycles. The van der Waals surface area contributed by atoms with Crippen LogP contribution in [0.2, 0.25) is 0 Å². The SMILES string of the molecule is Cc1cccc(-c2nc(C(C)C)no2)c1NC(=O)CSCc1ccc(C#N)cc1. The lowest BCUT2D eigenvalue weighted by molar-refractivity contribution is -0.113. The summed E-state index contributed by atoms with van der Waals surface area (Å²) in [6.07, 6.45) is 0. The first-order valence-corrected chi connectivity index (χ1v) is 10.4. The van der Waals surface area contributed by atoms with Gasteiger partial charge in [-0.2, -0.15) is 10.2 Å². The van der Waals surface area contributed by atoms with Gasteiger partial charge < -0.3 is 9.84 Å². The molecule has 1 amide bonds. The number of rotatable bonds is 7. The Kier molecular flexibility index (Phi) is 6.68. The smallest absolute Gasteiger partial charge is 0.260 e. The summed E-state index contributed by atoms with van der Waals surface area (Å²) in [5, 5.41) is 15.9. The lowest BCUT2D eigenvalue weighted by Gasteiger charge is -2.11. The molecule has 6 nitrogen and oxygen atoms in total. The van der Waals surface area contributed by atoms with Crippen LogP contribution in [0.15, 0.2) is 47.0 Å². The molecule has 0 atom stereocenters. The lowest BCUT2D eigenvalue weighted by Crippen LogP contribution is -2.15. The number of nitriles is 1. The summed E-state index contributed by atoms with van der Waals surface area (Å²) in [5.74, 6) is 2.11. The zero-order valence-electron chi connectivity index (χ0n) is 16.6. The van der Waals surface area contributed by atoms with Crippen molar-refractivity contribution < 1.29 is 9.32 Å². The molecule has 1 N–H and O–H groups in total. The van der Waals surface area contributed by atoms with Crippen LogP contribution in [0.4, 0.5) is 5.69 Å². The van der Waals surface area contributed by atoms with Crippen molar-refractivity contribution in [2.24, 2.45) is 0 Å². The normalized spacial score (nSPS) is 10.7. The van der Waals surface area contributed by atoms with Crippen LogP contribution < -0.4 is 5.32 Å². The maximum absolute atomic E-state index is 12.5. The fourth-order valence-corrected chi connectivity index (χ4v) is 3.49. The molecule has 2 aromatic carbocycles. The molecule has 3 aromatic rings. The van der Waals surface area contributed by atoms with Gasteiger partial charge in [-0.3, -0.25) is 4.79 Å². The summed E-state index contributed by atoms with van der Waals surface area (Å²) in [6.45, 7) is 5.93. The third-order valence-corrected chi connectivity index (χ3v) is 5.31. The van der Waals surface area contributed by atoms with Crippen LogP contribution in [0.25, 0.3) is 11.5 Å². The van der Waals surface area contributed by atoms with E-state index in [2.05, 4.69) is 21.5 Å². The van der Waals surface area contributed by atoms with E-state index in [1.807, 2.05) is 51.1 Å². The minimum atomic E-state index is -0.0946. The van der Waals surface area contributed by atoms with Gasteiger partial charge >= 0.3 is 0 Å². The predicted octanol–water partition coefficient (Wildman–Crippen LogP) is 4.91. The van der Waals surface area contributed by atoms with Crippen LogP contribution in [0, 0.1) is 18.3 Å². The largest absolute Gasteiger partial charge is 0.334 e. The minimum Gasteiger partial charge on any atom is -0.334 e. The summed E-state index contributed by atoms with van der Waals surface area (Å²) >= 11 is 1.52. The monoisotopic (exact) mass is 406 g/mol. The third-order valence-electron chi connectivity index (χ3n) is 4.31. The van der Waals surface area contributed by atoms with Crippen molar-refractivity contribution in [3.8, 4) is 17.5 Å². The number of benzene rings is 2. The lowest BCUT2D eigenvalue weighted by atomic mass is 10.1. The molecule has 0 bridgehead atoms. The number of hydrogen-bond acceptors (Lipinski definition) is 6. The summed E-state index contributed by atoms with van der Waals surface area (Å²) in [5.41, 5.74) is 4.04. The maximum atomic E-state index is 12.5. The summed E-state index contributed by atoms with van der Waals surface area (Å²) in [7, 11) is 0. The molecule has 0 radical (unpaired) electrons. The standard InChI is InChI=1S/C22H22N4O2S/c1-14(2)21-25-22(28-26-21)18-6-4-5-15(3)20(18)24-19(27)13-29-12-17-9-7-16(11-23)8-10-17/h4-10,14H,12-13H2,1-3H3,(H,24,27). The Morgan fingerprint density at radius 1 is 1.24 bits per heavy atom. The maximum Gasteiger partial charge on any atom is 0.260 e. The van der Waals surface area contributed by atoms with E-state index in [4.69, 9.17) is 9.78 Å². The number of carbonyl (C=O) groups is 1. The molecule has 0 spiro atoms. The molecule has 7 heteroatoms. The molecule has 0 aliphatic rings. The van der Waals surface area contributed by atoms with Crippen molar-refractivity contribution in [2.75, 3.05) is 11.1 Å². The van der Waals surface area contributed by atoms with Gasteiger partial charge in [0.15, 0.2) is 5.82 Å². The topological polar surface area (TPSA) is 91.8 Å². The van der Waals surface area contributed by atoms with Crippen LogP contribution in [0.1, 0.15) is 42.3 Å². The Balaban J connectivity index is 1.65. The molecule has 0 unspecified atom stereocenters. The summed E-state index contributed by atoms with van der Waals surface area (Å²) in [6, 6.07) is 15.2. The predicted molar refractivity (Wildman–Crippen MR) is 115 cm³/mol. The van der Waals surface area contributed by atoms with Crippen molar-refractivity contribution in [3.05, 3.63) is 65.0 Å². The minimum absolute atomic E-state index is 0.0946. The fourth-order valence-electron chi connectivity index (χ4n) is 2.70. The zero-order chi connectivity index (χ0) is 20.8. The van der Waals surface area contributed by atoms with Crippen LogP contribution >= 0.6 is 11.8 Å². The van der Waals surface area contributed by atoms with Crippen LogP contribution in [0.3, 0.4) is 0 Å². The number of aromatic nitrogens is 2. The average molecular weight is 407 g/mol. The van der Waals surface area contributed by atoms with Gasteiger partial charge in [-0.25, -0.2) is 0 Å². The van der Waals surface area contributed by atoms with E-state index in [1.54, 1.807) is 12.1 Å². The molecular weight excluding hydrogens is 384 g/mol. The van der Waals surface area contributed by atoms with Gasteiger partial charge in [-0.1, -0.05) is 43.3 Å². The average Bonchev–Trinajstić information content (AvgIpc) is 3.20. The molecule has 0 saturated carbocycles. The first-order chi connectivity index (χ1) is 14.0. The van der Waals surface area contributed by atoms with E-state index in [-0.39, 0.29) is 11.8 Å². The number of carbonyl (C=O) groups excluding carboxylic acids is 1. The molecule has 148 valence electrons. The van der Waals surface area contributed by atoms with Crippen molar-refractivity contribution in [3.63, 3.8) is 0 Å². The van der Waals surface area contributed by atoms with Crippen LogP contribution in [-0.4, -0.2) is 21.8 Å². The van der Waals surface area contributed by atoms with Gasteiger partial charge in [0, 0.05) is 11.7 Å². The highest BCUT2D eigenvalue weighted by molar-refractivity contribution is 7.99. The van der Waals surface area contributed by atoms with E-state index < -0.39 is 0 Å². The molecule has 0 fully saturated rings. The van der Waals surface area contributed by atoms with E-state index in [0.29, 0.717) is 34.5 Å². The van der Waals surface area contributed by atoms with Gasteiger partial charge in [0.1, 0.15) is 0 Å². The molecular formula is C22H22N4O2S. The number of nitrogens with one attached hydrogen (secondary N) is 1. The number of amides is 1. The van der Waals surface area contributed by atoms with E-state index in [9.17, 15) is 4.79 Å². The van der Waals surface area contributed by atoms with Crippen LogP contribution in [-0.2, 0) is 10.5 Å². The first kappa shape index (κ1) is 20.6. The number of anilines is 1. The van der Waals surface area contributed by atoms with Gasteiger partial charge in [0.2, 0.25) is 5.91 Å². The Hall–Kier alpha value is -3.11. The van der Waals surface area contributed by atoms with E-state index >= 15 is 0 Å². The molecule has 3 rings (SSSR count). The van der Waals surface area contributed by atoms with Crippen molar-refractivity contribution >= 4 is 23.4 Å². The zero-order valence-corrected chi connectivity index (χ0v) is 17.4. The van der Waals surface area contributed by atoms with Crippen molar-refractivity contribution in [2.45, 2.75) is 32.4 Å². The highest BCUT2D eigenvalue weighted by atomic mass is 32.2. The second kappa shape index (κ2) is 9.39.